The minimum atomic E-state index is -1.40. The minimum absolute atomic E-state index is 0.0304. The lowest BCUT2D eigenvalue weighted by Crippen LogP contribution is -2.60. The van der Waals surface area contributed by atoms with Gasteiger partial charge in [-0.05, 0) is 67.1 Å². The Morgan fingerprint density at radius 2 is 1.27 bits per heavy atom. The summed E-state index contributed by atoms with van der Waals surface area (Å²) in [5, 5.41) is 33.0. The maximum Gasteiger partial charge on any atom is 0.315 e. The summed E-state index contributed by atoms with van der Waals surface area (Å²) in [6.07, 6.45) is 9.37. The van der Waals surface area contributed by atoms with Gasteiger partial charge in [0, 0.05) is 96.6 Å². The van der Waals surface area contributed by atoms with E-state index < -0.39 is 78.1 Å². The van der Waals surface area contributed by atoms with Crippen molar-refractivity contribution in [1.82, 2.24) is 67.5 Å². The van der Waals surface area contributed by atoms with Crippen LogP contribution in [0.1, 0.15) is 74.8 Å². The summed E-state index contributed by atoms with van der Waals surface area (Å²) in [7, 11) is 0. The van der Waals surface area contributed by atoms with Crippen LogP contribution in [-0.4, -0.2) is 172 Å². The van der Waals surface area contributed by atoms with Crippen LogP contribution >= 0.6 is 11.8 Å². The number of hydrogen-bond donors (Lipinski definition) is 11. The van der Waals surface area contributed by atoms with E-state index in [1.54, 1.807) is 23.3 Å². The number of urea groups is 1. The normalized spacial score (nSPS) is 17.0. The fourth-order valence-electron chi connectivity index (χ4n) is 10.5. The van der Waals surface area contributed by atoms with Gasteiger partial charge in [0.05, 0.1) is 50.8 Å². The third-order valence-electron chi connectivity index (χ3n) is 15.3. The highest BCUT2D eigenvalue weighted by Gasteiger charge is 2.42. The highest BCUT2D eigenvalue weighted by molar-refractivity contribution is 8.00. The van der Waals surface area contributed by atoms with E-state index in [4.69, 9.17) is 19.9 Å². The zero-order chi connectivity index (χ0) is 62.4. The molecule has 12 N–H and O–H groups in total. The summed E-state index contributed by atoms with van der Waals surface area (Å²) in [5.74, 6) is -4.25. The van der Waals surface area contributed by atoms with Crippen LogP contribution in [0.25, 0.3) is 21.8 Å². The van der Waals surface area contributed by atoms with Gasteiger partial charge in [-0.3, -0.25) is 38.2 Å². The predicted octanol–water partition coefficient (Wildman–Crippen LogP) is 2.27. The number of amides is 9. The number of nitrogens with one attached hydrogen (secondary N) is 10. The smallest absolute Gasteiger partial charge is 0.315 e. The molecule has 8 atom stereocenters. The standard InChI is InChI=1S/C61H79FN14O11S/c1-3-4-22-76-34-42(74-75-76)31-50(68-54(78)35-87-27-26-86-25-24-85-23-21-64-53(77)16-10-9-15-52-55-51(36-88-52)72-61(84)73-55)60(83)71-49(30-40-33-66-46-14-8-6-12-44(40)46)59(82)70-48(29-39-32-65-45-13-7-5-11-43(39)45)58(81)69-47(57(80)67-37(2)56(63)79)28-38-17-19-41(62)20-18-38/h5-8,11-14,17-20,32-34,37,47-52,55,65-66H,3-4,9-10,15-16,21-31,35-36H2,1-2H3,(H2,63,79)(H,64,77)(H,67,80)(H,68,78)(H,69,81)(H,70,82)(H,71,83)(H2,72,73,84)/t37-,47-,48+,49+,50-,51-,52?,55-/m0/s1. The molecule has 0 spiro atoms. The van der Waals surface area contributed by atoms with Crippen LogP contribution in [0, 0.1) is 5.82 Å². The second-order valence-electron chi connectivity index (χ2n) is 21.9. The lowest BCUT2D eigenvalue weighted by Gasteiger charge is -2.27. The van der Waals surface area contributed by atoms with Crippen molar-refractivity contribution in [3.63, 3.8) is 0 Å². The van der Waals surface area contributed by atoms with Crippen molar-refractivity contribution < 1.29 is 57.0 Å². The van der Waals surface area contributed by atoms with Crippen LogP contribution in [-0.2, 0) is 80.0 Å². The maximum absolute atomic E-state index is 15.1. The Morgan fingerprint density at radius 1 is 0.693 bits per heavy atom. The summed E-state index contributed by atoms with van der Waals surface area (Å²) < 4.78 is 32.5. The molecule has 5 heterocycles. The Labute approximate surface area is 512 Å². The molecule has 88 heavy (non-hydrogen) atoms. The van der Waals surface area contributed by atoms with Crippen molar-refractivity contribution in [2.75, 3.05) is 51.9 Å². The molecule has 1 unspecified atom stereocenters. The summed E-state index contributed by atoms with van der Waals surface area (Å²) in [6.45, 7) is 4.85. The quantitative estimate of drug-likeness (QED) is 0.0197. The van der Waals surface area contributed by atoms with Crippen molar-refractivity contribution >= 4 is 80.9 Å². The number of fused-ring (bicyclic) bond motifs is 3. The van der Waals surface area contributed by atoms with Crippen molar-refractivity contribution in [2.24, 2.45) is 5.73 Å². The van der Waals surface area contributed by atoms with Gasteiger partial charge >= 0.3 is 6.03 Å². The first kappa shape index (κ1) is 65.6. The van der Waals surface area contributed by atoms with E-state index in [-0.39, 0.29) is 76.1 Å². The van der Waals surface area contributed by atoms with Crippen LogP contribution < -0.4 is 48.3 Å². The third kappa shape index (κ3) is 19.6. The van der Waals surface area contributed by atoms with Crippen molar-refractivity contribution in [1.29, 1.82) is 0 Å². The fourth-order valence-corrected chi connectivity index (χ4v) is 12.0. The topological polar surface area (TPSA) is 349 Å². The molecule has 6 aromatic rings. The number of unbranched alkanes of at least 4 members (excludes halogenated alkanes) is 2. The number of aromatic amines is 2. The number of hydrogen-bond acceptors (Lipinski definition) is 14. The number of aromatic nitrogens is 5. The highest BCUT2D eigenvalue weighted by atomic mass is 32.2. The number of thioether (sulfide) groups is 1. The summed E-state index contributed by atoms with van der Waals surface area (Å²) in [6, 6.07) is 13.7. The molecule has 27 heteroatoms. The molecule has 0 radical (unpaired) electrons. The molecule has 0 aliphatic carbocycles. The largest absolute Gasteiger partial charge is 0.377 e. The summed E-state index contributed by atoms with van der Waals surface area (Å²) >= 11 is 1.86. The second-order valence-corrected chi connectivity index (χ2v) is 23.2. The molecule has 25 nitrogen and oxygen atoms in total. The van der Waals surface area contributed by atoms with Gasteiger partial charge in [0.15, 0.2) is 0 Å². The van der Waals surface area contributed by atoms with E-state index >= 15 is 4.79 Å². The number of nitrogens with two attached hydrogens (primary N) is 1. The fraction of sp³-hybridized carbons (Fsp3) is 0.475. The number of nitrogens with zero attached hydrogens (tertiary/aromatic N) is 3. The van der Waals surface area contributed by atoms with E-state index in [9.17, 15) is 38.0 Å². The van der Waals surface area contributed by atoms with Gasteiger partial charge < -0.3 is 72.4 Å². The zero-order valence-corrected chi connectivity index (χ0v) is 50.2. The highest BCUT2D eigenvalue weighted by Crippen LogP contribution is 2.33. The number of primary amides is 1. The van der Waals surface area contributed by atoms with E-state index in [1.807, 2.05) is 67.2 Å². The van der Waals surface area contributed by atoms with E-state index in [0.29, 0.717) is 53.8 Å². The summed E-state index contributed by atoms with van der Waals surface area (Å²) in [4.78, 5) is 115. The Balaban J connectivity index is 0.892. The molecule has 2 aliphatic rings. The number of benzene rings is 3. The van der Waals surface area contributed by atoms with E-state index in [2.05, 4.69) is 62.8 Å². The molecule has 2 aliphatic heterocycles. The first-order valence-electron chi connectivity index (χ1n) is 29.8. The van der Waals surface area contributed by atoms with E-state index in [0.717, 1.165) is 59.7 Å². The van der Waals surface area contributed by atoms with E-state index in [1.165, 1.54) is 31.2 Å². The third-order valence-corrected chi connectivity index (χ3v) is 16.8. The molecule has 8 rings (SSSR count). The van der Waals surface area contributed by atoms with Crippen molar-refractivity contribution in [2.45, 2.75) is 132 Å². The Bertz CT molecular complexity index is 3320. The van der Waals surface area contributed by atoms with Crippen LogP contribution in [0.15, 0.2) is 91.4 Å². The monoisotopic (exact) mass is 1230 g/mol. The lowest BCUT2D eigenvalue weighted by atomic mass is 10.00. The number of para-hydroxylation sites is 2. The molecule has 9 amide bonds. The Hall–Kier alpha value is -8.40. The number of carbonyl (C=O) groups is 8. The zero-order valence-electron chi connectivity index (χ0n) is 49.4. The molecule has 3 aromatic heterocycles. The molecule has 2 saturated heterocycles. The van der Waals surface area contributed by atoms with Crippen LogP contribution in [0.2, 0.25) is 0 Å². The number of aryl methyl sites for hydroxylation is 1. The number of carbonyl (C=O) groups excluding carboxylic acids is 8. The van der Waals surface area contributed by atoms with Gasteiger partial charge in [-0.15, -0.1) is 5.10 Å². The average molecular weight is 1240 g/mol. The Morgan fingerprint density at radius 3 is 1.90 bits per heavy atom. The number of halogens is 1. The van der Waals surface area contributed by atoms with Gasteiger partial charge in [-0.2, -0.15) is 11.8 Å². The maximum atomic E-state index is 15.1. The SMILES string of the molecule is CCCCn1cc(C[C@H](NC(=O)COCCOCCOCCNC(=O)CCCCC2SC[C@@H]3NC(=O)N[C@H]23)C(=O)N[C@H](Cc2c[nH]c3ccccc23)C(=O)N[C@H](Cc2c[nH]c3ccccc23)C(=O)N[C@@H](Cc2ccc(F)cc2)C(=O)N[C@@H](C)C(N)=O)nn1. The van der Waals surface area contributed by atoms with Crippen molar-refractivity contribution in [3.05, 3.63) is 120 Å². The number of ether oxygens (including phenoxy) is 3. The molecule has 0 bridgehead atoms. The van der Waals surface area contributed by atoms with Gasteiger partial charge in [0.25, 0.3) is 0 Å². The van der Waals surface area contributed by atoms with Crippen molar-refractivity contribution in [3.8, 4) is 0 Å². The molecule has 472 valence electrons. The van der Waals surface area contributed by atoms with Crippen LogP contribution in [0.4, 0.5) is 9.18 Å². The molecule has 2 fully saturated rings. The number of H-pyrrole nitrogens is 2. The first-order valence-corrected chi connectivity index (χ1v) is 30.9. The van der Waals surface area contributed by atoms with Crippen LogP contribution in [0.5, 0.6) is 0 Å². The minimum Gasteiger partial charge on any atom is -0.377 e. The summed E-state index contributed by atoms with van der Waals surface area (Å²) in [5.41, 5.74) is 9.15. The van der Waals surface area contributed by atoms with Gasteiger partial charge in [0.2, 0.25) is 41.4 Å². The van der Waals surface area contributed by atoms with Crippen LogP contribution in [0.3, 0.4) is 0 Å². The van der Waals surface area contributed by atoms with Gasteiger partial charge in [-0.1, -0.05) is 73.5 Å². The molecular formula is C61H79FN14O11S. The molecule has 0 saturated carbocycles. The first-order chi connectivity index (χ1) is 42.6. The van der Waals surface area contributed by atoms with Gasteiger partial charge in [-0.25, -0.2) is 9.18 Å². The van der Waals surface area contributed by atoms with Gasteiger partial charge in [0.1, 0.15) is 42.6 Å². The second kappa shape index (κ2) is 33.1. The molecular weight excluding hydrogens is 1160 g/mol. The molecule has 3 aromatic carbocycles. The number of rotatable bonds is 37. The average Bonchev–Trinajstić information content (AvgIpc) is 4.49. The lowest BCUT2D eigenvalue weighted by molar-refractivity contribution is -0.135. The predicted molar refractivity (Wildman–Crippen MR) is 327 cm³/mol. The Kier molecular flexibility index (Phi) is 24.7.